The van der Waals surface area contributed by atoms with Crippen LogP contribution in [0.3, 0.4) is 0 Å². The third kappa shape index (κ3) is 3.88. The highest BCUT2D eigenvalue weighted by Crippen LogP contribution is 2.32. The van der Waals surface area contributed by atoms with Gasteiger partial charge in [0.15, 0.2) is 9.84 Å². The number of carbonyl (C=O) groups excluding carboxylic acids is 1. The van der Waals surface area contributed by atoms with Crippen LogP contribution in [-0.2, 0) is 9.84 Å². The normalized spacial score (nSPS) is 20.1. The zero-order valence-electron chi connectivity index (χ0n) is 14.4. The summed E-state index contributed by atoms with van der Waals surface area (Å²) in [4.78, 5) is 17.3. The van der Waals surface area contributed by atoms with E-state index in [2.05, 4.69) is 0 Å². The Bertz CT molecular complexity index is 845. The van der Waals surface area contributed by atoms with Crippen LogP contribution in [0.5, 0.6) is 0 Å². The average Bonchev–Trinajstić information content (AvgIpc) is 3.06. The second-order valence-corrected chi connectivity index (χ2v) is 9.68. The van der Waals surface area contributed by atoms with Crippen molar-refractivity contribution in [3.05, 3.63) is 52.2 Å². The molecule has 1 aliphatic heterocycles. The van der Waals surface area contributed by atoms with E-state index in [1.807, 2.05) is 54.7 Å². The standard InChI is InChI=1S/C18H22N2O3S2/c1-19(2)15-6-3-5-14(13-15)18(21)20-9-8-17(16-7-4-11-24-16)25(22,23)12-10-20/h3-7,11,13,17H,8-10,12H2,1-2H3. The summed E-state index contributed by atoms with van der Waals surface area (Å²) >= 11 is 1.46. The molecule has 1 aromatic heterocycles. The van der Waals surface area contributed by atoms with E-state index < -0.39 is 15.1 Å². The van der Waals surface area contributed by atoms with Crippen LogP contribution in [0, 0.1) is 0 Å². The van der Waals surface area contributed by atoms with E-state index in [-0.39, 0.29) is 18.2 Å². The van der Waals surface area contributed by atoms with Crippen molar-refractivity contribution in [1.29, 1.82) is 0 Å². The number of rotatable bonds is 3. The number of carbonyl (C=O) groups is 1. The Morgan fingerprint density at radius 3 is 2.68 bits per heavy atom. The Hall–Kier alpha value is -1.86. The van der Waals surface area contributed by atoms with Crippen LogP contribution in [0.4, 0.5) is 5.69 Å². The Labute approximate surface area is 152 Å². The highest BCUT2D eigenvalue weighted by molar-refractivity contribution is 7.91. The number of amides is 1. The fourth-order valence-electron chi connectivity index (χ4n) is 3.04. The fourth-order valence-corrected chi connectivity index (χ4v) is 6.04. The van der Waals surface area contributed by atoms with Crippen molar-refractivity contribution in [3.63, 3.8) is 0 Å². The van der Waals surface area contributed by atoms with Gasteiger partial charge in [-0.1, -0.05) is 12.1 Å². The molecule has 2 aromatic rings. The number of anilines is 1. The predicted octanol–water partition coefficient (Wildman–Crippen LogP) is 2.82. The van der Waals surface area contributed by atoms with Gasteiger partial charge >= 0.3 is 0 Å². The molecule has 25 heavy (non-hydrogen) atoms. The molecule has 1 amide bonds. The Kier molecular flexibility index (Phi) is 5.15. The molecule has 3 rings (SSSR count). The maximum absolute atomic E-state index is 12.8. The van der Waals surface area contributed by atoms with Crippen molar-refractivity contribution in [2.45, 2.75) is 11.7 Å². The summed E-state index contributed by atoms with van der Waals surface area (Å²) < 4.78 is 25.2. The molecular weight excluding hydrogens is 356 g/mol. The third-order valence-corrected chi connectivity index (χ3v) is 7.74. The minimum absolute atomic E-state index is 0.00861. The zero-order chi connectivity index (χ0) is 18.0. The maximum atomic E-state index is 12.8. The summed E-state index contributed by atoms with van der Waals surface area (Å²) in [6.07, 6.45) is 0.446. The van der Waals surface area contributed by atoms with Crippen molar-refractivity contribution in [2.24, 2.45) is 0 Å². The highest BCUT2D eigenvalue weighted by Gasteiger charge is 2.33. The molecular formula is C18H22N2O3S2. The van der Waals surface area contributed by atoms with Gasteiger partial charge in [-0.2, -0.15) is 0 Å². The first-order valence-corrected chi connectivity index (χ1v) is 10.8. The van der Waals surface area contributed by atoms with Crippen LogP contribution in [0.15, 0.2) is 41.8 Å². The van der Waals surface area contributed by atoms with Crippen LogP contribution >= 0.6 is 11.3 Å². The zero-order valence-corrected chi connectivity index (χ0v) is 16.0. The monoisotopic (exact) mass is 378 g/mol. The molecule has 2 heterocycles. The van der Waals surface area contributed by atoms with E-state index >= 15 is 0 Å². The molecule has 1 saturated heterocycles. The van der Waals surface area contributed by atoms with Gasteiger partial charge in [0.1, 0.15) is 0 Å². The van der Waals surface area contributed by atoms with E-state index in [9.17, 15) is 13.2 Å². The van der Waals surface area contributed by atoms with E-state index in [4.69, 9.17) is 0 Å². The van der Waals surface area contributed by atoms with Crippen molar-refractivity contribution in [1.82, 2.24) is 4.90 Å². The summed E-state index contributed by atoms with van der Waals surface area (Å²) in [5.74, 6) is -0.0972. The molecule has 1 aromatic carbocycles. The van der Waals surface area contributed by atoms with Crippen LogP contribution in [0.1, 0.15) is 26.9 Å². The molecule has 1 fully saturated rings. The van der Waals surface area contributed by atoms with Gasteiger partial charge in [-0.05, 0) is 36.1 Å². The summed E-state index contributed by atoms with van der Waals surface area (Å²) in [6.45, 7) is 0.696. The lowest BCUT2D eigenvalue weighted by Gasteiger charge is -2.21. The lowest BCUT2D eigenvalue weighted by molar-refractivity contribution is 0.0766. The lowest BCUT2D eigenvalue weighted by Crippen LogP contribution is -2.33. The van der Waals surface area contributed by atoms with Crippen LogP contribution < -0.4 is 4.90 Å². The Balaban J connectivity index is 1.81. The molecule has 1 atom stereocenters. The number of sulfone groups is 1. The first-order valence-electron chi connectivity index (χ1n) is 8.20. The summed E-state index contributed by atoms with van der Waals surface area (Å²) in [5, 5.41) is 1.39. The predicted molar refractivity (Wildman–Crippen MR) is 102 cm³/mol. The van der Waals surface area contributed by atoms with Gasteiger partial charge in [-0.25, -0.2) is 8.42 Å². The molecule has 0 bridgehead atoms. The third-order valence-electron chi connectivity index (χ3n) is 4.50. The molecule has 1 unspecified atom stereocenters. The highest BCUT2D eigenvalue weighted by atomic mass is 32.2. The van der Waals surface area contributed by atoms with Gasteiger partial charge in [-0.3, -0.25) is 4.79 Å². The molecule has 0 N–H and O–H groups in total. The summed E-state index contributed by atoms with van der Waals surface area (Å²) in [6, 6.07) is 11.2. The van der Waals surface area contributed by atoms with E-state index in [0.717, 1.165) is 10.6 Å². The molecule has 134 valence electrons. The largest absolute Gasteiger partial charge is 0.378 e. The first-order chi connectivity index (χ1) is 11.9. The van der Waals surface area contributed by atoms with Crippen LogP contribution in [-0.4, -0.2) is 52.2 Å². The van der Waals surface area contributed by atoms with Gasteiger partial charge in [0.25, 0.3) is 5.91 Å². The molecule has 0 radical (unpaired) electrons. The van der Waals surface area contributed by atoms with E-state index in [1.165, 1.54) is 11.3 Å². The SMILES string of the molecule is CN(C)c1cccc(C(=O)N2CCC(c3cccs3)S(=O)(=O)CC2)c1. The topological polar surface area (TPSA) is 57.7 Å². The van der Waals surface area contributed by atoms with Crippen molar-refractivity contribution >= 4 is 32.8 Å². The minimum Gasteiger partial charge on any atom is -0.378 e. The van der Waals surface area contributed by atoms with Crippen molar-refractivity contribution in [3.8, 4) is 0 Å². The van der Waals surface area contributed by atoms with E-state index in [0.29, 0.717) is 18.5 Å². The van der Waals surface area contributed by atoms with Gasteiger partial charge in [0.2, 0.25) is 0 Å². The summed E-state index contributed by atoms with van der Waals surface area (Å²) in [7, 11) is 0.604. The van der Waals surface area contributed by atoms with Crippen molar-refractivity contribution < 1.29 is 13.2 Å². The second kappa shape index (κ2) is 7.17. The number of thiophene rings is 1. The smallest absolute Gasteiger partial charge is 0.253 e. The second-order valence-electron chi connectivity index (χ2n) is 6.40. The Morgan fingerprint density at radius 2 is 2.00 bits per heavy atom. The fraction of sp³-hybridized carbons (Fsp3) is 0.389. The molecule has 0 saturated carbocycles. The van der Waals surface area contributed by atoms with Crippen LogP contribution in [0.25, 0.3) is 0 Å². The molecule has 7 heteroatoms. The maximum Gasteiger partial charge on any atom is 0.253 e. The van der Waals surface area contributed by atoms with Gasteiger partial charge in [-0.15, -0.1) is 11.3 Å². The number of benzene rings is 1. The molecule has 0 aliphatic carbocycles. The van der Waals surface area contributed by atoms with Crippen molar-refractivity contribution in [2.75, 3.05) is 37.8 Å². The Morgan fingerprint density at radius 1 is 1.20 bits per heavy atom. The average molecular weight is 379 g/mol. The molecule has 5 nitrogen and oxygen atoms in total. The van der Waals surface area contributed by atoms with Gasteiger partial charge in [0.05, 0.1) is 11.0 Å². The summed E-state index contributed by atoms with van der Waals surface area (Å²) in [5.41, 5.74) is 1.54. The number of nitrogens with zero attached hydrogens (tertiary/aromatic N) is 2. The van der Waals surface area contributed by atoms with Crippen LogP contribution in [0.2, 0.25) is 0 Å². The lowest BCUT2D eigenvalue weighted by atomic mass is 10.1. The van der Waals surface area contributed by atoms with Gasteiger partial charge < -0.3 is 9.80 Å². The molecule has 0 spiro atoms. The first kappa shape index (κ1) is 17.9. The number of hydrogen-bond acceptors (Lipinski definition) is 5. The van der Waals surface area contributed by atoms with Gasteiger partial charge in [0, 0.05) is 43.3 Å². The number of hydrogen-bond donors (Lipinski definition) is 0. The quantitative estimate of drug-likeness (QED) is 0.824. The minimum atomic E-state index is -3.24. The van der Waals surface area contributed by atoms with E-state index in [1.54, 1.807) is 11.0 Å². The molecule has 1 aliphatic rings.